The van der Waals surface area contributed by atoms with Crippen molar-refractivity contribution < 1.29 is 23.0 Å². The third kappa shape index (κ3) is 3.79. The number of fused-ring (bicyclic) bond motifs is 2. The van der Waals surface area contributed by atoms with Crippen molar-refractivity contribution in [2.45, 2.75) is 57.3 Å². The van der Waals surface area contributed by atoms with E-state index in [1.807, 2.05) is 12.1 Å². The van der Waals surface area contributed by atoms with E-state index < -0.39 is 30.2 Å². The topological polar surface area (TPSA) is 51.5 Å². The Morgan fingerprint density at radius 3 is 2.53 bits per heavy atom. The van der Waals surface area contributed by atoms with E-state index in [0.717, 1.165) is 5.56 Å². The standard InChI is InChI=1S/C25H26F3NO3/c1-16-13-29(20-10-5-4-8-18(20)21(16)30)15-24(31,25(26,27)28)14-23(2,3)19-9-6-7-17-11-12-32-22(17)19/h4-10,13,31H,11-12,14-15H2,1-3H3. The lowest BCUT2D eigenvalue weighted by atomic mass is 9.74. The fourth-order valence-electron chi connectivity index (χ4n) is 4.72. The Morgan fingerprint density at radius 1 is 1.09 bits per heavy atom. The molecule has 7 heteroatoms. The van der Waals surface area contributed by atoms with Gasteiger partial charge in [0.05, 0.1) is 18.7 Å². The van der Waals surface area contributed by atoms with E-state index in [-0.39, 0.29) is 5.43 Å². The molecular formula is C25H26F3NO3. The second kappa shape index (κ2) is 7.66. The molecule has 1 aromatic heterocycles. The molecule has 0 amide bonds. The van der Waals surface area contributed by atoms with Gasteiger partial charge in [-0.05, 0) is 36.5 Å². The Bertz CT molecular complexity index is 1230. The highest BCUT2D eigenvalue weighted by molar-refractivity contribution is 5.79. The number of pyridine rings is 1. The van der Waals surface area contributed by atoms with Gasteiger partial charge < -0.3 is 14.4 Å². The number of aliphatic hydroxyl groups is 1. The third-order valence-electron chi connectivity index (χ3n) is 6.30. The van der Waals surface area contributed by atoms with Crippen molar-refractivity contribution in [3.63, 3.8) is 0 Å². The van der Waals surface area contributed by atoms with Gasteiger partial charge in [-0.1, -0.05) is 44.2 Å². The molecule has 1 N–H and O–H groups in total. The van der Waals surface area contributed by atoms with Gasteiger partial charge in [0.25, 0.3) is 0 Å². The van der Waals surface area contributed by atoms with Crippen LogP contribution in [-0.2, 0) is 18.4 Å². The van der Waals surface area contributed by atoms with Crippen molar-refractivity contribution in [1.82, 2.24) is 4.57 Å². The number of hydrogen-bond donors (Lipinski definition) is 1. The van der Waals surface area contributed by atoms with Crippen LogP contribution in [0.25, 0.3) is 10.9 Å². The summed E-state index contributed by atoms with van der Waals surface area (Å²) in [6.45, 7) is 4.71. The molecule has 2 heterocycles. The number of nitrogens with zero attached hydrogens (tertiary/aromatic N) is 1. The molecule has 0 aliphatic carbocycles. The third-order valence-corrected chi connectivity index (χ3v) is 6.30. The summed E-state index contributed by atoms with van der Waals surface area (Å²) in [4.78, 5) is 12.5. The quantitative estimate of drug-likeness (QED) is 0.608. The summed E-state index contributed by atoms with van der Waals surface area (Å²) in [5, 5.41) is 11.4. The first-order chi connectivity index (χ1) is 14.9. The maximum Gasteiger partial charge on any atom is 0.418 e. The molecule has 0 spiro atoms. The van der Waals surface area contributed by atoms with Crippen LogP contribution in [0.5, 0.6) is 5.75 Å². The van der Waals surface area contributed by atoms with Crippen LogP contribution in [0.3, 0.4) is 0 Å². The van der Waals surface area contributed by atoms with Gasteiger partial charge in [0.1, 0.15) is 5.75 Å². The van der Waals surface area contributed by atoms with Gasteiger partial charge in [-0.2, -0.15) is 13.2 Å². The zero-order valence-electron chi connectivity index (χ0n) is 18.3. The molecule has 3 aromatic rings. The Hall–Kier alpha value is -2.80. The molecule has 1 unspecified atom stereocenters. The van der Waals surface area contributed by atoms with Crippen LogP contribution in [-0.4, -0.2) is 28.1 Å². The Labute approximate surface area is 184 Å². The molecule has 0 bridgehead atoms. The van der Waals surface area contributed by atoms with Crippen LogP contribution in [0, 0.1) is 6.92 Å². The molecular weight excluding hydrogens is 419 g/mol. The number of halogens is 3. The number of benzene rings is 2. The predicted molar refractivity (Wildman–Crippen MR) is 117 cm³/mol. The summed E-state index contributed by atoms with van der Waals surface area (Å²) in [5.41, 5.74) is -1.99. The minimum Gasteiger partial charge on any atom is -0.493 e. The maximum atomic E-state index is 14.3. The molecule has 170 valence electrons. The van der Waals surface area contributed by atoms with Gasteiger partial charge in [0, 0.05) is 29.1 Å². The zero-order valence-corrected chi connectivity index (χ0v) is 18.3. The highest BCUT2D eigenvalue weighted by atomic mass is 19.4. The van der Waals surface area contributed by atoms with E-state index in [0.29, 0.717) is 40.8 Å². The summed E-state index contributed by atoms with van der Waals surface area (Å²) in [6, 6.07) is 12.0. The highest BCUT2D eigenvalue weighted by Crippen LogP contribution is 2.46. The molecule has 4 nitrogen and oxygen atoms in total. The van der Waals surface area contributed by atoms with Gasteiger partial charge in [0.15, 0.2) is 11.0 Å². The molecule has 32 heavy (non-hydrogen) atoms. The Balaban J connectivity index is 1.78. The van der Waals surface area contributed by atoms with E-state index in [9.17, 15) is 23.1 Å². The summed E-state index contributed by atoms with van der Waals surface area (Å²) in [5.74, 6) is 0.617. The minimum atomic E-state index is -4.89. The smallest absolute Gasteiger partial charge is 0.418 e. The zero-order chi connectivity index (χ0) is 23.3. The van der Waals surface area contributed by atoms with Crippen LogP contribution < -0.4 is 10.2 Å². The van der Waals surface area contributed by atoms with Gasteiger partial charge >= 0.3 is 6.18 Å². The van der Waals surface area contributed by atoms with Crippen LogP contribution in [0.1, 0.15) is 37.0 Å². The molecule has 4 rings (SSSR count). The van der Waals surface area contributed by atoms with Crippen LogP contribution >= 0.6 is 0 Å². The fraction of sp³-hybridized carbons (Fsp3) is 0.400. The van der Waals surface area contributed by atoms with Gasteiger partial charge in [-0.25, -0.2) is 0 Å². The molecule has 1 atom stereocenters. The van der Waals surface area contributed by atoms with Gasteiger partial charge in [0.2, 0.25) is 0 Å². The van der Waals surface area contributed by atoms with Crippen molar-refractivity contribution >= 4 is 10.9 Å². The summed E-state index contributed by atoms with van der Waals surface area (Å²) >= 11 is 0. The number of aromatic nitrogens is 1. The fourth-order valence-corrected chi connectivity index (χ4v) is 4.72. The largest absolute Gasteiger partial charge is 0.493 e. The molecule has 1 aliphatic heterocycles. The number of ether oxygens (including phenoxy) is 1. The van der Waals surface area contributed by atoms with E-state index in [2.05, 4.69) is 0 Å². The van der Waals surface area contributed by atoms with Gasteiger partial charge in [-0.3, -0.25) is 4.79 Å². The molecule has 0 saturated heterocycles. The number of hydrogen-bond acceptors (Lipinski definition) is 3. The van der Waals surface area contributed by atoms with Crippen molar-refractivity contribution in [2.24, 2.45) is 0 Å². The van der Waals surface area contributed by atoms with Crippen LogP contribution in [0.15, 0.2) is 53.5 Å². The van der Waals surface area contributed by atoms with Crippen LogP contribution in [0.4, 0.5) is 13.2 Å². The summed E-state index contributed by atoms with van der Waals surface area (Å²) in [7, 11) is 0. The average molecular weight is 445 g/mol. The van der Waals surface area contributed by atoms with Crippen molar-refractivity contribution in [3.05, 3.63) is 75.6 Å². The number of aryl methyl sites for hydroxylation is 1. The van der Waals surface area contributed by atoms with E-state index in [4.69, 9.17) is 4.74 Å². The average Bonchev–Trinajstić information content (AvgIpc) is 3.19. The van der Waals surface area contributed by atoms with Crippen LogP contribution in [0.2, 0.25) is 0 Å². The first-order valence-corrected chi connectivity index (χ1v) is 10.6. The molecule has 0 radical (unpaired) electrons. The molecule has 0 fully saturated rings. The lowest BCUT2D eigenvalue weighted by molar-refractivity contribution is -0.271. The van der Waals surface area contributed by atoms with E-state index in [1.54, 1.807) is 51.1 Å². The normalized spacial score (nSPS) is 16.0. The number of para-hydroxylation sites is 2. The number of alkyl halides is 3. The Kier molecular flexibility index (Phi) is 5.36. The van der Waals surface area contributed by atoms with E-state index in [1.165, 1.54) is 10.8 Å². The lowest BCUT2D eigenvalue weighted by Gasteiger charge is -2.39. The summed E-state index contributed by atoms with van der Waals surface area (Å²) < 4.78 is 50.1. The first kappa shape index (κ1) is 22.4. The second-order valence-electron chi connectivity index (χ2n) is 9.27. The summed E-state index contributed by atoms with van der Waals surface area (Å²) in [6.07, 6.45) is -3.35. The number of rotatable bonds is 5. The lowest BCUT2D eigenvalue weighted by Crippen LogP contribution is -2.52. The second-order valence-corrected chi connectivity index (χ2v) is 9.27. The monoisotopic (exact) mass is 445 g/mol. The first-order valence-electron chi connectivity index (χ1n) is 10.6. The maximum absolute atomic E-state index is 14.3. The predicted octanol–water partition coefficient (Wildman–Crippen LogP) is 4.91. The highest BCUT2D eigenvalue weighted by Gasteiger charge is 2.56. The molecule has 0 saturated carbocycles. The molecule has 2 aromatic carbocycles. The van der Waals surface area contributed by atoms with E-state index >= 15 is 0 Å². The molecule has 1 aliphatic rings. The van der Waals surface area contributed by atoms with Gasteiger partial charge in [-0.15, -0.1) is 0 Å². The van der Waals surface area contributed by atoms with Crippen molar-refractivity contribution in [2.75, 3.05) is 6.61 Å². The van der Waals surface area contributed by atoms with Crippen molar-refractivity contribution in [3.8, 4) is 5.75 Å². The SMILES string of the molecule is Cc1cn(CC(O)(CC(C)(C)c2cccc3c2OCC3)C(F)(F)F)c2ccccc2c1=O. The minimum absolute atomic E-state index is 0.232. The van der Waals surface area contributed by atoms with Crippen molar-refractivity contribution in [1.29, 1.82) is 0 Å². The Morgan fingerprint density at radius 2 is 1.81 bits per heavy atom.